The number of para-hydroxylation sites is 1. The highest BCUT2D eigenvalue weighted by atomic mass is 32.2. The van der Waals surface area contributed by atoms with Gasteiger partial charge in [-0.05, 0) is 23.6 Å². The molecular weight excluding hydrogens is 446 g/mol. The van der Waals surface area contributed by atoms with E-state index in [1.807, 2.05) is 72.8 Å². The molecule has 1 saturated heterocycles. The van der Waals surface area contributed by atoms with Crippen LogP contribution in [0.4, 0.5) is 11.4 Å². The maximum absolute atomic E-state index is 13.6. The Bertz CT molecular complexity index is 1260. The molecule has 7 nitrogen and oxygen atoms in total. The highest BCUT2D eigenvalue weighted by Crippen LogP contribution is 2.34. The van der Waals surface area contributed by atoms with Crippen LogP contribution in [0.3, 0.4) is 0 Å². The summed E-state index contributed by atoms with van der Waals surface area (Å²) in [6.45, 7) is 4.70. The van der Waals surface area contributed by atoms with Crippen molar-refractivity contribution in [1.29, 1.82) is 0 Å². The molecule has 2 aliphatic rings. The van der Waals surface area contributed by atoms with Crippen molar-refractivity contribution < 1.29 is 9.59 Å². The van der Waals surface area contributed by atoms with Crippen molar-refractivity contribution in [3.8, 4) is 0 Å². The Kier molecular flexibility index (Phi) is 6.44. The van der Waals surface area contributed by atoms with Gasteiger partial charge in [-0.15, -0.1) is 6.58 Å². The molecule has 0 spiro atoms. The van der Waals surface area contributed by atoms with Gasteiger partial charge in [-0.25, -0.2) is 10.4 Å². The number of aliphatic imine (C=N–C) groups is 1. The number of carbonyl (C=O) groups excluding carboxylic acids is 2. The van der Waals surface area contributed by atoms with Crippen LogP contribution >= 0.6 is 11.8 Å². The molecule has 0 saturated carbocycles. The second kappa shape index (κ2) is 9.80. The van der Waals surface area contributed by atoms with Gasteiger partial charge in [0, 0.05) is 24.2 Å². The third kappa shape index (κ3) is 4.23. The first-order chi connectivity index (χ1) is 16.7. The Balaban J connectivity index is 1.46. The number of anilines is 2. The lowest BCUT2D eigenvalue weighted by Gasteiger charge is -2.33. The van der Waals surface area contributed by atoms with Gasteiger partial charge in [0.05, 0.1) is 17.4 Å². The number of nitrogens with one attached hydrogen (secondary N) is 2. The smallest absolute Gasteiger partial charge is 0.241 e. The predicted molar refractivity (Wildman–Crippen MR) is 139 cm³/mol. The first kappa shape index (κ1) is 22.3. The van der Waals surface area contributed by atoms with E-state index in [2.05, 4.69) is 17.4 Å². The van der Waals surface area contributed by atoms with Gasteiger partial charge in [-0.3, -0.25) is 19.9 Å². The predicted octanol–water partition coefficient (Wildman–Crippen LogP) is 3.54. The fourth-order valence-corrected chi connectivity index (χ4v) is 5.20. The normalized spacial score (nSPS) is 19.6. The molecule has 8 heteroatoms. The molecule has 2 unspecified atom stereocenters. The monoisotopic (exact) mass is 471 g/mol. The van der Waals surface area contributed by atoms with Crippen LogP contribution in [0, 0.1) is 5.92 Å². The number of fused-ring (bicyclic) bond motifs is 2. The van der Waals surface area contributed by atoms with Gasteiger partial charge in [0.15, 0.2) is 5.17 Å². The zero-order valence-electron chi connectivity index (χ0n) is 18.6. The fraction of sp³-hybridized carbons (Fsp3) is 0.192. The molecular formula is C26H25N5O2S. The van der Waals surface area contributed by atoms with Gasteiger partial charge < -0.3 is 4.90 Å². The van der Waals surface area contributed by atoms with Gasteiger partial charge in [-0.1, -0.05) is 72.4 Å². The third-order valence-corrected chi connectivity index (χ3v) is 6.88. The third-order valence-electron chi connectivity index (χ3n) is 5.94. The first-order valence-electron chi connectivity index (χ1n) is 11.1. The van der Waals surface area contributed by atoms with Crippen molar-refractivity contribution in [2.75, 3.05) is 28.6 Å². The van der Waals surface area contributed by atoms with E-state index in [0.717, 1.165) is 22.1 Å². The Morgan fingerprint density at radius 2 is 1.88 bits per heavy atom. The number of nitrogens with zero attached hydrogens (tertiary/aromatic N) is 3. The minimum atomic E-state index is -0.352. The van der Waals surface area contributed by atoms with E-state index in [0.29, 0.717) is 18.3 Å². The van der Waals surface area contributed by atoms with Gasteiger partial charge in [0.1, 0.15) is 6.17 Å². The molecule has 2 atom stereocenters. The van der Waals surface area contributed by atoms with E-state index in [1.54, 1.807) is 15.9 Å². The molecule has 34 heavy (non-hydrogen) atoms. The number of benzene rings is 3. The zero-order chi connectivity index (χ0) is 23.5. The van der Waals surface area contributed by atoms with E-state index >= 15 is 0 Å². The van der Waals surface area contributed by atoms with Crippen LogP contribution < -0.4 is 20.7 Å². The van der Waals surface area contributed by atoms with E-state index in [4.69, 9.17) is 4.99 Å². The van der Waals surface area contributed by atoms with Crippen LogP contribution in [0.1, 0.15) is 0 Å². The second-order valence-corrected chi connectivity index (χ2v) is 9.02. The number of hydrogen-bond donors (Lipinski definition) is 2. The average Bonchev–Trinajstić information content (AvgIpc) is 3.35. The van der Waals surface area contributed by atoms with Crippen LogP contribution in [0.15, 0.2) is 90.4 Å². The summed E-state index contributed by atoms with van der Waals surface area (Å²) in [5.41, 5.74) is 7.71. The van der Waals surface area contributed by atoms with E-state index in [9.17, 15) is 9.59 Å². The van der Waals surface area contributed by atoms with Gasteiger partial charge >= 0.3 is 0 Å². The lowest BCUT2D eigenvalue weighted by Crippen LogP contribution is -2.49. The standard InChI is InChI=1S/C26H25N5O2S/c1-2-15-30(19-11-4-3-5-12-19)23(32)17-34-26-28-24-21(16-27-29-24)25(33)31(26)22-14-8-10-18-9-6-7-13-20(18)22/h2-14,21,24,27,29H,1,15-17H2. The van der Waals surface area contributed by atoms with Crippen molar-refractivity contribution in [2.45, 2.75) is 6.17 Å². The summed E-state index contributed by atoms with van der Waals surface area (Å²) in [7, 11) is 0. The number of rotatable bonds is 6. The van der Waals surface area contributed by atoms with Crippen molar-refractivity contribution in [3.63, 3.8) is 0 Å². The molecule has 0 bridgehead atoms. The van der Waals surface area contributed by atoms with E-state index in [-0.39, 0.29) is 29.7 Å². The second-order valence-electron chi connectivity index (χ2n) is 8.08. The summed E-state index contributed by atoms with van der Waals surface area (Å²) in [6, 6.07) is 23.4. The molecule has 5 rings (SSSR count). The molecule has 0 radical (unpaired) electrons. The maximum atomic E-state index is 13.6. The highest BCUT2D eigenvalue weighted by molar-refractivity contribution is 8.14. The lowest BCUT2D eigenvalue weighted by molar-refractivity contribution is -0.121. The van der Waals surface area contributed by atoms with Crippen LogP contribution in [-0.2, 0) is 9.59 Å². The topological polar surface area (TPSA) is 77.0 Å². The first-order valence-corrected chi connectivity index (χ1v) is 12.1. The van der Waals surface area contributed by atoms with Crippen molar-refractivity contribution in [3.05, 3.63) is 85.5 Å². The molecule has 0 aliphatic carbocycles. The van der Waals surface area contributed by atoms with E-state index in [1.165, 1.54) is 11.8 Å². The molecule has 3 aromatic rings. The largest absolute Gasteiger partial charge is 0.308 e. The van der Waals surface area contributed by atoms with Gasteiger partial charge in [-0.2, -0.15) is 0 Å². The Labute approximate surface area is 202 Å². The SMILES string of the molecule is C=CCN(C(=O)CSC1=NC2NNCC2C(=O)N1c1cccc2ccccc12)c1ccccc1. The Hall–Kier alpha value is -3.46. The summed E-state index contributed by atoms with van der Waals surface area (Å²) in [5, 5.41) is 2.52. The summed E-state index contributed by atoms with van der Waals surface area (Å²) in [4.78, 5) is 35.0. The lowest BCUT2D eigenvalue weighted by atomic mass is 10.0. The molecule has 172 valence electrons. The zero-order valence-corrected chi connectivity index (χ0v) is 19.4. The summed E-state index contributed by atoms with van der Waals surface area (Å²) < 4.78 is 0. The Morgan fingerprint density at radius 1 is 1.12 bits per heavy atom. The number of thioether (sulfide) groups is 1. The van der Waals surface area contributed by atoms with Gasteiger partial charge in [0.25, 0.3) is 0 Å². The molecule has 2 heterocycles. The number of amidine groups is 1. The summed E-state index contributed by atoms with van der Waals surface area (Å²) in [5.74, 6) is -0.278. The maximum Gasteiger partial charge on any atom is 0.241 e. The average molecular weight is 472 g/mol. The Morgan fingerprint density at radius 3 is 2.71 bits per heavy atom. The van der Waals surface area contributed by atoms with Crippen LogP contribution in [0.2, 0.25) is 0 Å². The van der Waals surface area contributed by atoms with Crippen LogP contribution in [0.25, 0.3) is 10.8 Å². The summed E-state index contributed by atoms with van der Waals surface area (Å²) >= 11 is 1.28. The minimum absolute atomic E-state index is 0.0326. The van der Waals surface area contributed by atoms with Crippen LogP contribution in [-0.4, -0.2) is 42.0 Å². The molecule has 2 aliphatic heterocycles. The quantitative estimate of drug-likeness (QED) is 0.538. The summed E-state index contributed by atoms with van der Waals surface area (Å²) in [6.07, 6.45) is 1.35. The number of amides is 2. The number of hydrazine groups is 1. The fourth-order valence-electron chi connectivity index (χ4n) is 4.29. The van der Waals surface area contributed by atoms with Crippen LogP contribution in [0.5, 0.6) is 0 Å². The highest BCUT2D eigenvalue weighted by Gasteiger charge is 2.42. The minimum Gasteiger partial charge on any atom is -0.308 e. The van der Waals surface area contributed by atoms with Crippen molar-refractivity contribution in [2.24, 2.45) is 10.9 Å². The molecule has 3 aromatic carbocycles. The van der Waals surface area contributed by atoms with Gasteiger partial charge in [0.2, 0.25) is 11.8 Å². The number of carbonyl (C=O) groups is 2. The van der Waals surface area contributed by atoms with Crippen molar-refractivity contribution >= 4 is 50.9 Å². The molecule has 2 amide bonds. The van der Waals surface area contributed by atoms with Crippen molar-refractivity contribution in [1.82, 2.24) is 10.9 Å². The molecule has 2 N–H and O–H groups in total. The molecule has 1 fully saturated rings. The number of hydrogen-bond acceptors (Lipinski definition) is 6. The molecule has 0 aromatic heterocycles. The van der Waals surface area contributed by atoms with E-state index < -0.39 is 0 Å².